The first-order valence-corrected chi connectivity index (χ1v) is 6.18. The third-order valence-electron chi connectivity index (χ3n) is 4.11. The molecule has 2 atom stereocenters. The van der Waals surface area contributed by atoms with E-state index in [1.54, 1.807) is 0 Å². The molecule has 0 N–H and O–H groups in total. The Kier molecular flexibility index (Phi) is 2.49. The highest BCUT2D eigenvalue weighted by Gasteiger charge is 2.54. The van der Waals surface area contributed by atoms with Gasteiger partial charge in [0.1, 0.15) is 0 Å². The highest BCUT2D eigenvalue weighted by atomic mass is 16.5. The van der Waals surface area contributed by atoms with Gasteiger partial charge in [-0.25, -0.2) is 0 Å². The van der Waals surface area contributed by atoms with Crippen molar-refractivity contribution < 1.29 is 4.74 Å². The molecule has 0 unspecified atom stereocenters. The summed E-state index contributed by atoms with van der Waals surface area (Å²) in [5.41, 5.74) is 1.88. The predicted molar refractivity (Wildman–Crippen MR) is 64.6 cm³/mol. The minimum Gasteiger partial charge on any atom is -0.379 e. The van der Waals surface area contributed by atoms with Crippen LogP contribution >= 0.6 is 0 Å². The smallest absolute Gasteiger partial charge is 0.0594 e. The third kappa shape index (κ3) is 1.66. The first-order chi connectivity index (χ1) is 7.81. The van der Waals surface area contributed by atoms with Crippen LogP contribution in [0.3, 0.4) is 0 Å². The second kappa shape index (κ2) is 3.86. The average molecular weight is 217 g/mol. The van der Waals surface area contributed by atoms with Gasteiger partial charge in [0.15, 0.2) is 0 Å². The van der Waals surface area contributed by atoms with E-state index in [2.05, 4.69) is 42.2 Å². The van der Waals surface area contributed by atoms with Crippen LogP contribution in [0.1, 0.15) is 18.9 Å². The second-order valence-electron chi connectivity index (χ2n) is 5.15. The largest absolute Gasteiger partial charge is 0.379 e. The summed E-state index contributed by atoms with van der Waals surface area (Å²) in [5.74, 6) is 0. The molecule has 2 aliphatic rings. The van der Waals surface area contributed by atoms with Crippen LogP contribution in [-0.4, -0.2) is 37.2 Å². The molecule has 0 spiro atoms. The number of rotatable bonds is 2. The summed E-state index contributed by atoms with van der Waals surface area (Å²) in [5, 5.41) is 0. The standard InChI is InChI=1S/C14H19NO/c1-14(12-5-3-2-4-6-12)11-13(14)15-7-9-16-10-8-15/h2-6,13H,7-11H2,1H3/t13-,14+/m0/s1. The van der Waals surface area contributed by atoms with E-state index in [0.29, 0.717) is 5.41 Å². The first-order valence-electron chi connectivity index (χ1n) is 6.18. The van der Waals surface area contributed by atoms with Gasteiger partial charge in [-0.05, 0) is 12.0 Å². The second-order valence-corrected chi connectivity index (χ2v) is 5.15. The van der Waals surface area contributed by atoms with Crippen molar-refractivity contribution in [3.63, 3.8) is 0 Å². The van der Waals surface area contributed by atoms with Crippen LogP contribution in [0.25, 0.3) is 0 Å². The van der Waals surface area contributed by atoms with Gasteiger partial charge in [0.05, 0.1) is 13.2 Å². The molecule has 2 fully saturated rings. The van der Waals surface area contributed by atoms with Gasteiger partial charge >= 0.3 is 0 Å². The molecule has 0 aromatic heterocycles. The summed E-state index contributed by atoms with van der Waals surface area (Å²) < 4.78 is 5.41. The van der Waals surface area contributed by atoms with Crippen LogP contribution in [0.4, 0.5) is 0 Å². The van der Waals surface area contributed by atoms with E-state index < -0.39 is 0 Å². The van der Waals surface area contributed by atoms with Crippen molar-refractivity contribution in [2.45, 2.75) is 24.8 Å². The summed E-state index contributed by atoms with van der Waals surface area (Å²) in [6.07, 6.45) is 1.30. The van der Waals surface area contributed by atoms with Crippen molar-refractivity contribution in [3.8, 4) is 0 Å². The van der Waals surface area contributed by atoms with E-state index in [1.807, 2.05) is 0 Å². The third-order valence-corrected chi connectivity index (χ3v) is 4.11. The maximum absolute atomic E-state index is 5.41. The van der Waals surface area contributed by atoms with Gasteiger partial charge in [-0.3, -0.25) is 4.90 Å². The van der Waals surface area contributed by atoms with Crippen LogP contribution in [0.15, 0.2) is 30.3 Å². The molecule has 1 aromatic rings. The fourth-order valence-electron chi connectivity index (χ4n) is 2.89. The molecule has 1 saturated carbocycles. The van der Waals surface area contributed by atoms with Gasteiger partial charge in [0.2, 0.25) is 0 Å². The highest BCUT2D eigenvalue weighted by Crippen LogP contribution is 2.51. The van der Waals surface area contributed by atoms with Gasteiger partial charge in [0.25, 0.3) is 0 Å². The van der Waals surface area contributed by atoms with Crippen molar-refractivity contribution in [2.24, 2.45) is 0 Å². The summed E-state index contributed by atoms with van der Waals surface area (Å²) in [4.78, 5) is 2.59. The lowest BCUT2D eigenvalue weighted by Crippen LogP contribution is -2.40. The predicted octanol–water partition coefficient (Wildman–Crippen LogP) is 2.05. The zero-order chi connectivity index (χ0) is 11.0. The number of morpholine rings is 1. The summed E-state index contributed by atoms with van der Waals surface area (Å²) in [7, 11) is 0. The molecule has 3 rings (SSSR count). The lowest BCUT2D eigenvalue weighted by molar-refractivity contribution is 0.0308. The monoisotopic (exact) mass is 217 g/mol. The number of hydrogen-bond acceptors (Lipinski definition) is 2. The Hall–Kier alpha value is -0.860. The summed E-state index contributed by atoms with van der Waals surface area (Å²) in [6, 6.07) is 11.7. The van der Waals surface area contributed by atoms with Crippen LogP contribution in [0.5, 0.6) is 0 Å². The summed E-state index contributed by atoms with van der Waals surface area (Å²) >= 11 is 0. The topological polar surface area (TPSA) is 12.5 Å². The molecule has 0 radical (unpaired) electrons. The van der Waals surface area contributed by atoms with Gasteiger partial charge in [-0.15, -0.1) is 0 Å². The Bertz CT molecular complexity index is 358. The molecule has 0 amide bonds. The molecular weight excluding hydrogens is 198 g/mol. The van der Waals surface area contributed by atoms with E-state index in [0.717, 1.165) is 32.3 Å². The number of benzene rings is 1. The molecule has 1 aliphatic heterocycles. The summed E-state index contributed by atoms with van der Waals surface area (Å²) in [6.45, 7) is 6.41. The lowest BCUT2D eigenvalue weighted by atomic mass is 9.97. The highest BCUT2D eigenvalue weighted by molar-refractivity contribution is 5.35. The molecular formula is C14H19NO. The number of nitrogens with zero attached hydrogens (tertiary/aromatic N) is 1. The Morgan fingerprint density at radius 1 is 1.19 bits per heavy atom. The van der Waals surface area contributed by atoms with E-state index in [9.17, 15) is 0 Å². The number of ether oxygens (including phenoxy) is 1. The molecule has 16 heavy (non-hydrogen) atoms. The zero-order valence-electron chi connectivity index (χ0n) is 9.86. The molecule has 1 aliphatic carbocycles. The molecule has 0 bridgehead atoms. The van der Waals surface area contributed by atoms with Crippen LogP contribution in [-0.2, 0) is 10.2 Å². The average Bonchev–Trinajstić information content (AvgIpc) is 3.06. The van der Waals surface area contributed by atoms with Crippen LogP contribution in [0, 0.1) is 0 Å². The fourth-order valence-corrected chi connectivity index (χ4v) is 2.89. The number of hydrogen-bond donors (Lipinski definition) is 0. The van der Waals surface area contributed by atoms with E-state index in [4.69, 9.17) is 4.74 Å². The molecule has 1 saturated heterocycles. The minimum absolute atomic E-state index is 0.387. The van der Waals surface area contributed by atoms with Crippen LogP contribution < -0.4 is 0 Å². The van der Waals surface area contributed by atoms with E-state index in [1.165, 1.54) is 12.0 Å². The lowest BCUT2D eigenvalue weighted by Gasteiger charge is -2.29. The molecule has 2 nitrogen and oxygen atoms in total. The normalized spacial score (nSPS) is 34.9. The van der Waals surface area contributed by atoms with Gasteiger partial charge < -0.3 is 4.74 Å². The quantitative estimate of drug-likeness (QED) is 0.751. The van der Waals surface area contributed by atoms with Gasteiger partial charge in [-0.1, -0.05) is 37.3 Å². The zero-order valence-corrected chi connectivity index (χ0v) is 9.86. The Morgan fingerprint density at radius 2 is 1.88 bits per heavy atom. The molecule has 1 heterocycles. The molecule has 86 valence electrons. The SMILES string of the molecule is C[C@]1(c2ccccc2)C[C@@H]1N1CCOCC1. The van der Waals surface area contributed by atoms with Gasteiger partial charge in [0, 0.05) is 24.5 Å². The van der Waals surface area contributed by atoms with E-state index >= 15 is 0 Å². The molecule has 1 aromatic carbocycles. The van der Waals surface area contributed by atoms with Crippen molar-refractivity contribution in [2.75, 3.05) is 26.3 Å². The van der Waals surface area contributed by atoms with Crippen molar-refractivity contribution in [1.29, 1.82) is 0 Å². The van der Waals surface area contributed by atoms with E-state index in [-0.39, 0.29) is 0 Å². The Morgan fingerprint density at radius 3 is 2.56 bits per heavy atom. The maximum atomic E-state index is 5.41. The Labute approximate surface area is 97.2 Å². The minimum atomic E-state index is 0.387. The first kappa shape index (κ1) is 10.3. The van der Waals surface area contributed by atoms with Crippen molar-refractivity contribution in [1.82, 2.24) is 4.90 Å². The fraction of sp³-hybridized carbons (Fsp3) is 0.571. The van der Waals surface area contributed by atoms with Crippen LogP contribution in [0.2, 0.25) is 0 Å². The Balaban J connectivity index is 1.73. The van der Waals surface area contributed by atoms with Crippen molar-refractivity contribution in [3.05, 3.63) is 35.9 Å². The van der Waals surface area contributed by atoms with Crippen molar-refractivity contribution >= 4 is 0 Å². The molecule has 2 heteroatoms. The van der Waals surface area contributed by atoms with Gasteiger partial charge in [-0.2, -0.15) is 0 Å². The maximum Gasteiger partial charge on any atom is 0.0594 e.